The summed E-state index contributed by atoms with van der Waals surface area (Å²) in [6, 6.07) is 6.56. The van der Waals surface area contributed by atoms with E-state index in [2.05, 4.69) is 15.5 Å². The molecule has 3 aromatic rings. The summed E-state index contributed by atoms with van der Waals surface area (Å²) in [5.41, 5.74) is -1.15. The third kappa shape index (κ3) is 3.85. The highest BCUT2D eigenvalue weighted by Crippen LogP contribution is 2.57. The molecule has 1 atom stereocenters. The quantitative estimate of drug-likeness (QED) is 0.209. The fourth-order valence-corrected chi connectivity index (χ4v) is 4.93. The number of fused-ring (bicyclic) bond motifs is 3. The number of carbonyl (C=O) groups is 3. The number of phenols is 3. The summed E-state index contributed by atoms with van der Waals surface area (Å²) < 4.78 is 11.4. The molecule has 0 spiro atoms. The number of allylic oxidation sites excluding steroid dienone is 4. The fraction of sp³-hybridized carbons (Fsp3) is 0.250. The van der Waals surface area contributed by atoms with Crippen molar-refractivity contribution in [1.82, 2.24) is 15.5 Å². The van der Waals surface area contributed by atoms with Crippen molar-refractivity contribution in [2.45, 2.75) is 39.5 Å². The van der Waals surface area contributed by atoms with Gasteiger partial charge in [0.05, 0.1) is 16.7 Å². The van der Waals surface area contributed by atoms with Crippen molar-refractivity contribution in [3.8, 4) is 34.5 Å². The van der Waals surface area contributed by atoms with Gasteiger partial charge in [0.1, 0.15) is 39.7 Å². The number of rotatable bonds is 6. The van der Waals surface area contributed by atoms with E-state index in [1.54, 1.807) is 25.1 Å². The Kier molecular flexibility index (Phi) is 6.01. The van der Waals surface area contributed by atoms with Crippen LogP contribution in [-0.2, 0) is 21.4 Å². The van der Waals surface area contributed by atoms with Crippen LogP contribution in [0.15, 0.2) is 51.8 Å². The number of aromatic hydroxyl groups is 3. The average molecular weight is 532 g/mol. The summed E-state index contributed by atoms with van der Waals surface area (Å²) in [7, 11) is 0. The Labute approximate surface area is 222 Å². The van der Waals surface area contributed by atoms with Gasteiger partial charge in [-0.2, -0.15) is 0 Å². The van der Waals surface area contributed by atoms with Gasteiger partial charge in [0, 0.05) is 30.3 Å². The maximum atomic E-state index is 13.8. The number of ketones is 3. The molecular formula is C28H25N3O8. The molecule has 0 fully saturated rings. The molecule has 2 aliphatic rings. The summed E-state index contributed by atoms with van der Waals surface area (Å²) in [4.78, 5) is 39.2. The first-order valence-electron chi connectivity index (χ1n) is 12.1. The minimum atomic E-state index is -1.59. The molecule has 5 rings (SSSR count). The standard InChI is InChI=1S/C28H25N3O8/c1-12-23(35)21(14(3)32)25-22(24(12)36)28(4)18(38-25)11-17(34)20(26(28)37)13(2)29-10-9-19-30-31-27(39-19)15-7-5-6-8-16(15)33/h5-8,11,29,33,35-36H,9-10H2,1-4H3/t28-/m0/s1. The van der Waals surface area contributed by atoms with Gasteiger partial charge in [0.2, 0.25) is 5.89 Å². The van der Waals surface area contributed by atoms with Crippen LogP contribution < -0.4 is 10.1 Å². The predicted octanol–water partition coefficient (Wildman–Crippen LogP) is 3.16. The van der Waals surface area contributed by atoms with Crippen LogP contribution in [0.3, 0.4) is 0 Å². The van der Waals surface area contributed by atoms with Gasteiger partial charge in [0.25, 0.3) is 5.89 Å². The number of aromatic nitrogens is 2. The van der Waals surface area contributed by atoms with Crippen LogP contribution in [0.1, 0.15) is 48.1 Å². The second kappa shape index (κ2) is 9.12. The van der Waals surface area contributed by atoms with Crippen molar-refractivity contribution in [3.05, 3.63) is 70.0 Å². The second-order valence-electron chi connectivity index (χ2n) is 9.58. The molecule has 0 radical (unpaired) electrons. The number of nitrogens with zero attached hydrogens (tertiary/aromatic N) is 2. The lowest BCUT2D eigenvalue weighted by atomic mass is 9.70. The van der Waals surface area contributed by atoms with E-state index in [1.165, 1.54) is 26.8 Å². The molecule has 0 saturated heterocycles. The number of Topliss-reactive ketones (excluding diaryl/α,β-unsaturated/α-hetero) is 2. The summed E-state index contributed by atoms with van der Waals surface area (Å²) in [5.74, 6) is -2.30. The number of nitrogens with one attached hydrogen (secondary N) is 1. The van der Waals surface area contributed by atoms with E-state index in [1.807, 2.05) is 0 Å². The van der Waals surface area contributed by atoms with Gasteiger partial charge in [-0.25, -0.2) is 0 Å². The van der Waals surface area contributed by atoms with Gasteiger partial charge < -0.3 is 29.8 Å². The maximum Gasteiger partial charge on any atom is 0.251 e. The number of ether oxygens (including phenoxy) is 1. The molecule has 4 N–H and O–H groups in total. The van der Waals surface area contributed by atoms with Crippen LogP contribution in [0.2, 0.25) is 0 Å². The number of hydrogen-bond donors (Lipinski definition) is 4. The zero-order chi connectivity index (χ0) is 28.2. The molecule has 2 heterocycles. The van der Waals surface area contributed by atoms with Gasteiger partial charge >= 0.3 is 0 Å². The lowest BCUT2D eigenvalue weighted by Crippen LogP contribution is -2.41. The molecule has 11 nitrogen and oxygen atoms in total. The van der Waals surface area contributed by atoms with Gasteiger partial charge in [0.15, 0.2) is 17.3 Å². The monoisotopic (exact) mass is 531 g/mol. The van der Waals surface area contributed by atoms with Crippen LogP contribution in [-0.4, -0.2) is 49.4 Å². The third-order valence-electron chi connectivity index (χ3n) is 7.09. The molecule has 1 aliphatic carbocycles. The molecule has 0 saturated carbocycles. The first-order chi connectivity index (χ1) is 18.5. The molecule has 200 valence electrons. The fourth-order valence-electron chi connectivity index (χ4n) is 4.93. The van der Waals surface area contributed by atoms with Crippen molar-refractivity contribution >= 4 is 17.3 Å². The van der Waals surface area contributed by atoms with Crippen molar-refractivity contribution in [3.63, 3.8) is 0 Å². The van der Waals surface area contributed by atoms with Crippen molar-refractivity contribution < 1.29 is 38.9 Å². The number of carbonyl (C=O) groups excluding carboxylic acids is 3. The molecule has 39 heavy (non-hydrogen) atoms. The van der Waals surface area contributed by atoms with Crippen molar-refractivity contribution in [2.24, 2.45) is 0 Å². The largest absolute Gasteiger partial charge is 0.507 e. The maximum absolute atomic E-state index is 13.8. The van der Waals surface area contributed by atoms with Crippen molar-refractivity contribution in [2.75, 3.05) is 6.54 Å². The van der Waals surface area contributed by atoms with Crippen molar-refractivity contribution in [1.29, 1.82) is 0 Å². The smallest absolute Gasteiger partial charge is 0.251 e. The lowest BCUT2D eigenvalue weighted by Gasteiger charge is -2.29. The number of para-hydroxylation sites is 1. The van der Waals surface area contributed by atoms with Crippen LogP contribution in [0, 0.1) is 6.92 Å². The summed E-state index contributed by atoms with van der Waals surface area (Å²) in [5, 5.41) is 42.3. The van der Waals surface area contributed by atoms with E-state index in [0.717, 1.165) is 6.08 Å². The Balaban J connectivity index is 1.43. The van der Waals surface area contributed by atoms with E-state index >= 15 is 0 Å². The van der Waals surface area contributed by atoms with Gasteiger partial charge in [-0.05, 0) is 39.8 Å². The zero-order valence-corrected chi connectivity index (χ0v) is 21.6. The van der Waals surface area contributed by atoms with Crippen LogP contribution >= 0.6 is 0 Å². The second-order valence-corrected chi connectivity index (χ2v) is 9.58. The molecule has 1 aliphatic heterocycles. The Morgan fingerprint density at radius 3 is 2.49 bits per heavy atom. The average Bonchev–Trinajstić information content (AvgIpc) is 3.46. The minimum Gasteiger partial charge on any atom is -0.507 e. The van der Waals surface area contributed by atoms with Crippen LogP contribution in [0.25, 0.3) is 11.5 Å². The summed E-state index contributed by atoms with van der Waals surface area (Å²) in [6.07, 6.45) is 1.42. The van der Waals surface area contributed by atoms with E-state index in [4.69, 9.17) is 9.15 Å². The van der Waals surface area contributed by atoms with Gasteiger partial charge in [-0.3, -0.25) is 14.4 Å². The molecular weight excluding hydrogens is 506 g/mol. The van der Waals surface area contributed by atoms with Gasteiger partial charge in [-0.15, -0.1) is 10.2 Å². The Morgan fingerprint density at radius 1 is 1.08 bits per heavy atom. The predicted molar refractivity (Wildman–Crippen MR) is 136 cm³/mol. The molecule has 0 bridgehead atoms. The topological polar surface area (TPSA) is 172 Å². The number of hydrogen-bond acceptors (Lipinski definition) is 11. The summed E-state index contributed by atoms with van der Waals surface area (Å²) >= 11 is 0. The highest BCUT2D eigenvalue weighted by molar-refractivity contribution is 6.31. The van der Waals surface area contributed by atoms with Crippen LogP contribution in [0.4, 0.5) is 0 Å². The molecule has 11 heteroatoms. The first kappa shape index (κ1) is 25.7. The Morgan fingerprint density at radius 2 is 1.79 bits per heavy atom. The lowest BCUT2D eigenvalue weighted by molar-refractivity contribution is -0.123. The van der Waals surface area contributed by atoms with Gasteiger partial charge in [-0.1, -0.05) is 12.1 Å². The van der Waals surface area contributed by atoms with E-state index < -0.39 is 28.5 Å². The zero-order valence-electron chi connectivity index (χ0n) is 21.6. The first-order valence-corrected chi connectivity index (χ1v) is 12.1. The normalized spacial score (nSPS) is 19.2. The van der Waals surface area contributed by atoms with Crippen LogP contribution in [0.5, 0.6) is 23.0 Å². The summed E-state index contributed by atoms with van der Waals surface area (Å²) in [6.45, 7) is 5.98. The minimum absolute atomic E-state index is 0.00553. The molecule has 0 unspecified atom stereocenters. The van der Waals surface area contributed by atoms with E-state index in [-0.39, 0.29) is 75.7 Å². The Bertz CT molecular complexity index is 1650. The van der Waals surface area contributed by atoms with E-state index in [9.17, 15) is 29.7 Å². The SMILES string of the molecule is CC(=O)c1c(O)c(C)c(O)c2c1OC1=CC(=O)C(=C(C)NCCc3nnc(-c4ccccc4O)o3)C(=O)[C@@]12C. The molecule has 0 amide bonds. The molecule has 1 aromatic heterocycles. The highest BCUT2D eigenvalue weighted by atomic mass is 16.5. The molecule has 2 aromatic carbocycles. The third-order valence-corrected chi connectivity index (χ3v) is 7.09. The number of phenolic OH excluding ortho intramolecular Hbond substituents is 3. The van der Waals surface area contributed by atoms with E-state index in [0.29, 0.717) is 5.56 Å². The number of benzene rings is 2. The Hall–Kier alpha value is -4.93. The highest BCUT2D eigenvalue weighted by Gasteiger charge is 2.56.